The lowest BCUT2D eigenvalue weighted by Gasteiger charge is -2.40. The van der Waals surface area contributed by atoms with Crippen LogP contribution in [-0.4, -0.2) is 41.8 Å². The van der Waals surface area contributed by atoms with Crippen LogP contribution in [0.1, 0.15) is 22.0 Å². The van der Waals surface area contributed by atoms with Gasteiger partial charge in [-0.1, -0.05) is 48.5 Å². The molecular weight excluding hydrogens is 396 g/mol. The lowest BCUT2D eigenvalue weighted by atomic mass is 10.00. The summed E-state index contributed by atoms with van der Waals surface area (Å²) in [5.41, 5.74) is 1.95. The van der Waals surface area contributed by atoms with Crippen molar-refractivity contribution in [3.63, 3.8) is 0 Å². The molecule has 3 aromatic rings. The zero-order chi connectivity index (χ0) is 20.9. The summed E-state index contributed by atoms with van der Waals surface area (Å²) in [6.07, 6.45) is 0.722. The van der Waals surface area contributed by atoms with Crippen molar-refractivity contribution in [2.75, 3.05) is 20.2 Å². The van der Waals surface area contributed by atoms with Crippen molar-refractivity contribution in [1.82, 2.24) is 9.80 Å². The Morgan fingerprint density at radius 1 is 1.00 bits per heavy atom. The van der Waals surface area contributed by atoms with E-state index in [0.29, 0.717) is 13.1 Å². The number of nitrogens with zero attached hydrogens (tertiary/aromatic N) is 2. The van der Waals surface area contributed by atoms with Crippen LogP contribution in [0.25, 0.3) is 0 Å². The van der Waals surface area contributed by atoms with E-state index in [2.05, 4.69) is 0 Å². The molecule has 5 nitrogen and oxygen atoms in total. The molecule has 1 aliphatic rings. The van der Waals surface area contributed by atoms with Crippen molar-refractivity contribution >= 4 is 23.2 Å². The molecule has 2 heterocycles. The maximum Gasteiger partial charge on any atom is 0.250 e. The average molecular weight is 421 g/mol. The van der Waals surface area contributed by atoms with Crippen LogP contribution in [0, 0.1) is 0 Å². The molecule has 0 saturated carbocycles. The quantitative estimate of drug-likeness (QED) is 0.582. The Morgan fingerprint density at radius 3 is 2.43 bits per heavy atom. The molecule has 1 saturated heterocycles. The molecule has 1 aromatic heterocycles. The first-order chi connectivity index (χ1) is 14.7. The third-order valence-electron chi connectivity index (χ3n) is 5.35. The lowest BCUT2D eigenvalue weighted by molar-refractivity contribution is -0.156. The fourth-order valence-electron chi connectivity index (χ4n) is 3.74. The highest BCUT2D eigenvalue weighted by atomic mass is 32.1. The van der Waals surface area contributed by atoms with Crippen molar-refractivity contribution in [2.45, 2.75) is 19.0 Å². The summed E-state index contributed by atoms with van der Waals surface area (Å²) in [6.45, 7) is 1.07. The van der Waals surface area contributed by atoms with Crippen molar-refractivity contribution in [2.24, 2.45) is 0 Å². The van der Waals surface area contributed by atoms with Gasteiger partial charge in [-0.15, -0.1) is 11.3 Å². The summed E-state index contributed by atoms with van der Waals surface area (Å²) in [5.74, 6) is 0.656. The molecule has 0 aliphatic carbocycles. The van der Waals surface area contributed by atoms with Gasteiger partial charge in [0.1, 0.15) is 11.8 Å². The first-order valence-electron chi connectivity index (χ1n) is 9.94. The Kier molecular flexibility index (Phi) is 6.14. The topological polar surface area (TPSA) is 49.9 Å². The number of thiophene rings is 1. The Hall–Kier alpha value is -3.12. The fourth-order valence-corrected chi connectivity index (χ4v) is 4.44. The van der Waals surface area contributed by atoms with E-state index in [-0.39, 0.29) is 18.4 Å². The van der Waals surface area contributed by atoms with Gasteiger partial charge in [0.25, 0.3) is 5.91 Å². The SMILES string of the molecule is COc1ccc([C@@H]2C(=O)N(CCc3ccccc3)CC(=O)N2Cc2cccs2)cc1. The zero-order valence-corrected chi connectivity index (χ0v) is 17.7. The number of carbonyl (C=O) groups excluding carboxylic acids is 2. The summed E-state index contributed by atoms with van der Waals surface area (Å²) < 4.78 is 5.25. The van der Waals surface area contributed by atoms with Gasteiger partial charge in [-0.3, -0.25) is 9.59 Å². The van der Waals surface area contributed by atoms with E-state index in [1.165, 1.54) is 0 Å². The standard InChI is InChI=1S/C24H24N2O3S/c1-29-20-11-9-19(10-12-20)23-24(28)25(14-13-18-6-3-2-4-7-18)17-22(27)26(23)16-21-8-5-15-30-21/h2-12,15,23H,13-14,16-17H2,1H3/t23-/m1/s1. The molecular formula is C24H24N2O3S. The predicted molar refractivity (Wildman–Crippen MR) is 117 cm³/mol. The van der Waals surface area contributed by atoms with Gasteiger partial charge in [0.2, 0.25) is 5.91 Å². The van der Waals surface area contributed by atoms with Gasteiger partial charge in [0.15, 0.2) is 0 Å². The van der Waals surface area contributed by atoms with Crippen LogP contribution in [0.15, 0.2) is 72.1 Å². The van der Waals surface area contributed by atoms with E-state index in [0.717, 1.165) is 28.2 Å². The number of amides is 2. The molecule has 1 aliphatic heterocycles. The van der Waals surface area contributed by atoms with E-state index in [1.807, 2.05) is 72.1 Å². The lowest BCUT2D eigenvalue weighted by Crippen LogP contribution is -2.55. The Balaban J connectivity index is 1.59. The highest BCUT2D eigenvalue weighted by Crippen LogP contribution is 2.31. The Labute approximate surface area is 180 Å². The molecule has 2 amide bonds. The van der Waals surface area contributed by atoms with Gasteiger partial charge in [-0.2, -0.15) is 0 Å². The molecule has 30 heavy (non-hydrogen) atoms. The van der Waals surface area contributed by atoms with E-state index >= 15 is 0 Å². The number of rotatable bonds is 7. The normalized spacial score (nSPS) is 16.8. The summed E-state index contributed by atoms with van der Waals surface area (Å²) in [7, 11) is 1.61. The van der Waals surface area contributed by atoms with Crippen LogP contribution < -0.4 is 4.74 Å². The fraction of sp³-hybridized carbons (Fsp3) is 0.250. The molecule has 1 fully saturated rings. The van der Waals surface area contributed by atoms with Crippen molar-refractivity contribution in [3.8, 4) is 5.75 Å². The summed E-state index contributed by atoms with van der Waals surface area (Å²) >= 11 is 1.59. The van der Waals surface area contributed by atoms with Crippen molar-refractivity contribution < 1.29 is 14.3 Å². The smallest absolute Gasteiger partial charge is 0.250 e. The van der Waals surface area contributed by atoms with Crippen molar-refractivity contribution in [1.29, 1.82) is 0 Å². The Morgan fingerprint density at radius 2 is 1.77 bits per heavy atom. The zero-order valence-electron chi connectivity index (χ0n) is 16.9. The van der Waals surface area contributed by atoms with Gasteiger partial charge < -0.3 is 14.5 Å². The third kappa shape index (κ3) is 4.39. The molecule has 6 heteroatoms. The molecule has 2 aromatic carbocycles. The van der Waals surface area contributed by atoms with Gasteiger partial charge in [0.05, 0.1) is 20.2 Å². The molecule has 0 unspecified atom stereocenters. The number of methoxy groups -OCH3 is 1. The number of piperazine rings is 1. The van der Waals surface area contributed by atoms with E-state index < -0.39 is 6.04 Å². The maximum atomic E-state index is 13.5. The van der Waals surface area contributed by atoms with Crippen molar-refractivity contribution in [3.05, 3.63) is 88.1 Å². The molecule has 0 radical (unpaired) electrons. The number of carbonyl (C=O) groups is 2. The van der Waals surface area contributed by atoms with E-state index in [4.69, 9.17) is 4.74 Å². The average Bonchev–Trinajstić information content (AvgIpc) is 3.29. The summed E-state index contributed by atoms with van der Waals surface area (Å²) in [6, 6.07) is 20.8. The number of ether oxygens (including phenoxy) is 1. The molecule has 4 rings (SSSR count). The van der Waals surface area contributed by atoms with Crippen LogP contribution in [0.2, 0.25) is 0 Å². The molecule has 0 N–H and O–H groups in total. The largest absolute Gasteiger partial charge is 0.497 e. The molecule has 0 bridgehead atoms. The van der Waals surface area contributed by atoms with Gasteiger partial charge in [-0.05, 0) is 41.1 Å². The highest BCUT2D eigenvalue weighted by Gasteiger charge is 2.40. The van der Waals surface area contributed by atoms with Crippen LogP contribution in [-0.2, 0) is 22.6 Å². The minimum absolute atomic E-state index is 0.0307. The Bertz CT molecular complexity index is 987. The van der Waals surface area contributed by atoms with Crippen LogP contribution >= 0.6 is 11.3 Å². The van der Waals surface area contributed by atoms with Crippen LogP contribution in [0.4, 0.5) is 0 Å². The molecule has 0 spiro atoms. The number of hydrogen-bond acceptors (Lipinski definition) is 4. The predicted octanol–water partition coefficient (Wildman–Crippen LogP) is 3.91. The summed E-state index contributed by atoms with van der Waals surface area (Å²) in [4.78, 5) is 31.1. The number of benzene rings is 2. The van der Waals surface area contributed by atoms with E-state index in [9.17, 15) is 9.59 Å². The maximum absolute atomic E-state index is 13.5. The van der Waals surface area contributed by atoms with E-state index in [1.54, 1.807) is 28.2 Å². The first kappa shape index (κ1) is 20.2. The van der Waals surface area contributed by atoms with Gasteiger partial charge >= 0.3 is 0 Å². The first-order valence-corrected chi connectivity index (χ1v) is 10.8. The summed E-state index contributed by atoms with van der Waals surface area (Å²) in [5, 5.41) is 1.99. The van der Waals surface area contributed by atoms with Crippen LogP contribution in [0.3, 0.4) is 0 Å². The molecule has 1 atom stereocenters. The van der Waals surface area contributed by atoms with Gasteiger partial charge in [0, 0.05) is 11.4 Å². The second kappa shape index (κ2) is 9.13. The monoisotopic (exact) mass is 420 g/mol. The van der Waals surface area contributed by atoms with Gasteiger partial charge in [-0.25, -0.2) is 0 Å². The highest BCUT2D eigenvalue weighted by molar-refractivity contribution is 7.09. The number of hydrogen-bond donors (Lipinski definition) is 0. The van der Waals surface area contributed by atoms with Crippen LogP contribution in [0.5, 0.6) is 5.75 Å². The molecule has 154 valence electrons. The second-order valence-electron chi connectivity index (χ2n) is 7.27. The second-order valence-corrected chi connectivity index (χ2v) is 8.30. The minimum Gasteiger partial charge on any atom is -0.497 e. The minimum atomic E-state index is -0.630. The third-order valence-corrected chi connectivity index (χ3v) is 6.22.